The van der Waals surface area contributed by atoms with Crippen LogP contribution in [0.15, 0.2) is 6.07 Å². The summed E-state index contributed by atoms with van der Waals surface area (Å²) in [5, 5.41) is 45.8. The number of hydrogen-bond acceptors (Lipinski definition) is 5. The maximum atomic E-state index is 9.22. The minimum absolute atomic E-state index is 0.290. The summed E-state index contributed by atoms with van der Waals surface area (Å²) >= 11 is 0. The normalized spacial score (nSPS) is 10.8. The number of benzene rings is 1. The van der Waals surface area contributed by atoms with E-state index in [2.05, 4.69) is 0 Å². The topological polar surface area (TPSA) is 101 Å². The predicted molar refractivity (Wildman–Crippen MR) is 56.1 cm³/mol. The fraction of sp³-hybridized carbons (Fsp3) is 0.455. The molecule has 0 saturated carbocycles. The first-order chi connectivity index (χ1) is 7.73. The molecular weight excluding hydrogens is 212 g/mol. The van der Waals surface area contributed by atoms with Crippen LogP contribution >= 0.6 is 0 Å². The minimum Gasteiger partial charge on any atom is -0.392 e. The van der Waals surface area contributed by atoms with Crippen LogP contribution in [-0.4, -0.2) is 25.5 Å². The zero-order valence-corrected chi connectivity index (χ0v) is 8.85. The van der Waals surface area contributed by atoms with Gasteiger partial charge >= 0.3 is 0 Å². The molecule has 0 heterocycles. The fourth-order valence-electron chi connectivity index (χ4n) is 1.82. The molecular formula is C11H16O5. The zero-order chi connectivity index (χ0) is 12.1. The van der Waals surface area contributed by atoms with Crippen LogP contribution in [-0.2, 0) is 33.0 Å². The molecule has 1 rings (SSSR count). The lowest BCUT2D eigenvalue weighted by atomic mass is 9.92. The highest BCUT2D eigenvalue weighted by Crippen LogP contribution is 2.24. The van der Waals surface area contributed by atoms with Crippen molar-refractivity contribution in [3.63, 3.8) is 0 Å². The van der Waals surface area contributed by atoms with E-state index in [9.17, 15) is 15.3 Å². The summed E-state index contributed by atoms with van der Waals surface area (Å²) in [7, 11) is 0. The van der Waals surface area contributed by atoms with Crippen molar-refractivity contribution in [1.29, 1.82) is 0 Å². The van der Waals surface area contributed by atoms with Crippen LogP contribution in [0.5, 0.6) is 0 Å². The van der Waals surface area contributed by atoms with E-state index in [1.165, 1.54) is 6.07 Å². The maximum absolute atomic E-state index is 9.22. The second kappa shape index (κ2) is 5.93. The van der Waals surface area contributed by atoms with Gasteiger partial charge in [0.1, 0.15) is 0 Å². The Labute approximate surface area is 93.2 Å². The van der Waals surface area contributed by atoms with Crippen molar-refractivity contribution >= 4 is 0 Å². The summed E-state index contributed by atoms with van der Waals surface area (Å²) in [5.41, 5.74) is 2.10. The van der Waals surface area contributed by atoms with Crippen LogP contribution < -0.4 is 0 Å². The van der Waals surface area contributed by atoms with Gasteiger partial charge in [-0.2, -0.15) is 0 Å². The minimum atomic E-state index is -0.355. The third-order valence-electron chi connectivity index (χ3n) is 2.67. The lowest BCUT2D eigenvalue weighted by Gasteiger charge is -2.17. The molecule has 0 saturated heterocycles. The first kappa shape index (κ1) is 13.1. The van der Waals surface area contributed by atoms with E-state index in [1.54, 1.807) is 0 Å². The maximum Gasteiger partial charge on any atom is 0.0689 e. The van der Waals surface area contributed by atoms with Crippen molar-refractivity contribution in [2.75, 3.05) is 0 Å². The molecule has 1 aromatic rings. The van der Waals surface area contributed by atoms with E-state index in [0.717, 1.165) is 0 Å². The van der Waals surface area contributed by atoms with E-state index in [-0.39, 0.29) is 33.0 Å². The van der Waals surface area contributed by atoms with Gasteiger partial charge in [0.2, 0.25) is 0 Å². The van der Waals surface area contributed by atoms with E-state index in [0.29, 0.717) is 27.8 Å². The number of aliphatic hydroxyl groups excluding tert-OH is 5. The summed E-state index contributed by atoms with van der Waals surface area (Å²) in [6.45, 7) is -1.59. The molecule has 0 radical (unpaired) electrons. The molecule has 0 spiro atoms. The molecule has 5 nitrogen and oxygen atoms in total. The summed E-state index contributed by atoms with van der Waals surface area (Å²) in [6, 6.07) is 1.52. The lowest BCUT2D eigenvalue weighted by Crippen LogP contribution is -2.09. The molecule has 1 aromatic carbocycles. The number of hydrogen-bond donors (Lipinski definition) is 5. The quantitative estimate of drug-likeness (QED) is 0.452. The summed E-state index contributed by atoms with van der Waals surface area (Å²) in [6.07, 6.45) is 0. The van der Waals surface area contributed by atoms with Crippen molar-refractivity contribution < 1.29 is 25.5 Å². The molecule has 5 heteroatoms. The van der Waals surface area contributed by atoms with Gasteiger partial charge in [0.15, 0.2) is 0 Å². The van der Waals surface area contributed by atoms with Gasteiger partial charge in [-0.3, -0.25) is 0 Å². The van der Waals surface area contributed by atoms with Gasteiger partial charge in [0.25, 0.3) is 0 Å². The van der Waals surface area contributed by atoms with Crippen molar-refractivity contribution in [1.82, 2.24) is 0 Å². The summed E-state index contributed by atoms with van der Waals surface area (Å²) in [5.74, 6) is 0. The second-order valence-electron chi connectivity index (χ2n) is 3.42. The van der Waals surface area contributed by atoms with Crippen LogP contribution in [0.4, 0.5) is 0 Å². The molecule has 0 bridgehead atoms. The molecule has 0 fully saturated rings. The Morgan fingerprint density at radius 2 is 0.938 bits per heavy atom. The first-order valence-corrected chi connectivity index (χ1v) is 4.93. The monoisotopic (exact) mass is 228 g/mol. The average molecular weight is 228 g/mol. The van der Waals surface area contributed by atoms with Gasteiger partial charge in [-0.15, -0.1) is 0 Å². The van der Waals surface area contributed by atoms with Crippen molar-refractivity contribution in [2.24, 2.45) is 0 Å². The molecule has 0 aliphatic rings. The Balaban J connectivity index is 3.47. The standard InChI is InChI=1S/C11H16O5/c12-2-7-1-8(3-13)10(5-15)11(6-16)9(7)4-14/h1,12-16H,2-6H2. The van der Waals surface area contributed by atoms with Crippen molar-refractivity contribution in [2.45, 2.75) is 33.0 Å². The Hall–Kier alpha value is -0.980. The van der Waals surface area contributed by atoms with Crippen LogP contribution in [0.25, 0.3) is 0 Å². The molecule has 0 aliphatic carbocycles. The summed E-state index contributed by atoms with van der Waals surface area (Å²) in [4.78, 5) is 0. The highest BCUT2D eigenvalue weighted by atomic mass is 16.3. The highest BCUT2D eigenvalue weighted by molar-refractivity contribution is 5.45. The Kier molecular flexibility index (Phi) is 4.85. The fourth-order valence-corrected chi connectivity index (χ4v) is 1.82. The van der Waals surface area contributed by atoms with Crippen LogP contribution in [0, 0.1) is 0 Å². The number of aliphatic hydroxyl groups is 5. The molecule has 0 unspecified atom stereocenters. The van der Waals surface area contributed by atoms with Gasteiger partial charge < -0.3 is 25.5 Å². The number of rotatable bonds is 5. The molecule has 90 valence electrons. The van der Waals surface area contributed by atoms with E-state index in [4.69, 9.17) is 10.2 Å². The molecule has 0 atom stereocenters. The second-order valence-corrected chi connectivity index (χ2v) is 3.42. The first-order valence-electron chi connectivity index (χ1n) is 4.93. The smallest absolute Gasteiger partial charge is 0.0689 e. The van der Waals surface area contributed by atoms with E-state index >= 15 is 0 Å². The zero-order valence-electron chi connectivity index (χ0n) is 8.85. The Bertz CT molecular complexity index is 332. The molecule has 0 amide bonds. The van der Waals surface area contributed by atoms with E-state index in [1.807, 2.05) is 0 Å². The molecule has 5 N–H and O–H groups in total. The van der Waals surface area contributed by atoms with Gasteiger partial charge in [0.05, 0.1) is 33.0 Å². The summed E-state index contributed by atoms with van der Waals surface area (Å²) < 4.78 is 0. The SMILES string of the molecule is OCc1cc(CO)c(CO)c(CO)c1CO. The van der Waals surface area contributed by atoms with Crippen LogP contribution in [0.1, 0.15) is 27.8 Å². The molecule has 0 aliphatic heterocycles. The Morgan fingerprint density at radius 1 is 0.562 bits per heavy atom. The average Bonchev–Trinajstić information content (AvgIpc) is 2.35. The largest absolute Gasteiger partial charge is 0.392 e. The third-order valence-corrected chi connectivity index (χ3v) is 2.67. The predicted octanol–water partition coefficient (Wildman–Crippen LogP) is -0.852. The van der Waals surface area contributed by atoms with Crippen molar-refractivity contribution in [3.8, 4) is 0 Å². The van der Waals surface area contributed by atoms with Crippen molar-refractivity contribution in [3.05, 3.63) is 33.9 Å². The third kappa shape index (κ3) is 2.23. The van der Waals surface area contributed by atoms with E-state index < -0.39 is 0 Å². The van der Waals surface area contributed by atoms with Gasteiger partial charge in [0, 0.05) is 0 Å². The Morgan fingerprint density at radius 3 is 1.19 bits per heavy atom. The van der Waals surface area contributed by atoms with Gasteiger partial charge in [-0.1, -0.05) is 6.07 Å². The van der Waals surface area contributed by atoms with Crippen LogP contribution in [0.3, 0.4) is 0 Å². The van der Waals surface area contributed by atoms with Gasteiger partial charge in [-0.25, -0.2) is 0 Å². The van der Waals surface area contributed by atoms with Gasteiger partial charge in [-0.05, 0) is 27.8 Å². The molecule has 16 heavy (non-hydrogen) atoms. The highest BCUT2D eigenvalue weighted by Gasteiger charge is 2.15. The van der Waals surface area contributed by atoms with Crippen LogP contribution in [0.2, 0.25) is 0 Å². The molecule has 0 aromatic heterocycles. The lowest BCUT2D eigenvalue weighted by molar-refractivity contribution is 0.233.